The summed E-state index contributed by atoms with van der Waals surface area (Å²) in [5.74, 6) is -1.59. The Morgan fingerprint density at radius 1 is 0.692 bits per heavy atom. The molecule has 0 spiro atoms. The van der Waals surface area contributed by atoms with Gasteiger partial charge in [0.15, 0.2) is 0 Å². The summed E-state index contributed by atoms with van der Waals surface area (Å²) in [7, 11) is 0. The van der Waals surface area contributed by atoms with Gasteiger partial charge in [-0.05, 0) is 75.2 Å². The van der Waals surface area contributed by atoms with Gasteiger partial charge in [0, 0.05) is 16.6 Å². The molecule has 2 aromatic rings. The Bertz CT molecular complexity index is 1100. The lowest BCUT2D eigenvalue weighted by atomic mass is 9.81. The third kappa shape index (κ3) is 9.56. The van der Waals surface area contributed by atoms with Crippen molar-refractivity contribution in [3.8, 4) is 11.5 Å². The van der Waals surface area contributed by atoms with E-state index in [9.17, 15) is 19.2 Å². The maximum Gasteiger partial charge on any atom is 0.338 e. The molecule has 8 nitrogen and oxygen atoms in total. The van der Waals surface area contributed by atoms with Crippen LogP contribution in [-0.4, -0.2) is 37.1 Å². The summed E-state index contributed by atoms with van der Waals surface area (Å²) < 4.78 is 21.6. The van der Waals surface area contributed by atoms with Crippen LogP contribution >= 0.6 is 0 Å². The summed E-state index contributed by atoms with van der Waals surface area (Å²) in [6.07, 6.45) is 3.12. The van der Waals surface area contributed by atoms with Gasteiger partial charge in [0.05, 0.1) is 11.1 Å². The van der Waals surface area contributed by atoms with Crippen molar-refractivity contribution in [2.75, 3.05) is 13.2 Å². The van der Waals surface area contributed by atoms with Crippen molar-refractivity contribution in [2.45, 2.75) is 53.4 Å². The molecule has 0 radical (unpaired) electrons. The zero-order valence-corrected chi connectivity index (χ0v) is 23.0. The Morgan fingerprint density at radius 2 is 1.08 bits per heavy atom. The highest BCUT2D eigenvalue weighted by Crippen LogP contribution is 2.31. The van der Waals surface area contributed by atoms with Gasteiger partial charge in [0.2, 0.25) is 0 Å². The van der Waals surface area contributed by atoms with Crippen LogP contribution in [0.2, 0.25) is 0 Å². The number of rotatable bonds is 14. The fraction of sp³-hybridized carbons (Fsp3) is 0.355. The standard InChI is InChI=1S/C31H36O8/c1-7-9-18-31(8-2,19-36-29(34)23-10-14-25(15-11-23)38-27(32)21(3)4)20-37-30(35)24-12-16-26(17-13-24)39-28(33)22(5)6/h10-17H,3,5,7-9,18-20H2,1-2,4,6H3. The smallest absolute Gasteiger partial charge is 0.338 e. The van der Waals surface area contributed by atoms with Crippen molar-refractivity contribution in [1.29, 1.82) is 0 Å². The molecule has 0 bridgehead atoms. The quantitative estimate of drug-likeness (QED) is 0.158. The van der Waals surface area contributed by atoms with E-state index in [4.69, 9.17) is 18.9 Å². The number of ether oxygens (including phenoxy) is 4. The number of carbonyl (C=O) groups is 4. The SMILES string of the molecule is C=C(C)C(=O)Oc1ccc(C(=O)OCC(CC)(CCCC)COC(=O)c2ccc(OC(=O)C(=C)C)cc2)cc1. The summed E-state index contributed by atoms with van der Waals surface area (Å²) in [5, 5.41) is 0. The molecule has 2 rings (SSSR count). The first-order valence-electron chi connectivity index (χ1n) is 12.8. The molecule has 0 aliphatic heterocycles. The molecule has 0 aliphatic carbocycles. The second kappa shape index (κ2) is 14.7. The Labute approximate surface area is 229 Å². The molecule has 0 heterocycles. The third-order valence-corrected chi connectivity index (χ3v) is 6.13. The molecule has 0 fully saturated rings. The van der Waals surface area contributed by atoms with Gasteiger partial charge in [-0.2, -0.15) is 0 Å². The van der Waals surface area contributed by atoms with Crippen LogP contribution in [-0.2, 0) is 19.1 Å². The zero-order valence-electron chi connectivity index (χ0n) is 23.0. The second-order valence-electron chi connectivity index (χ2n) is 9.50. The van der Waals surface area contributed by atoms with Crippen LogP contribution in [0.1, 0.15) is 74.1 Å². The average molecular weight is 537 g/mol. The van der Waals surface area contributed by atoms with E-state index in [1.54, 1.807) is 13.8 Å². The van der Waals surface area contributed by atoms with Crippen molar-refractivity contribution in [1.82, 2.24) is 0 Å². The number of hydrogen-bond acceptors (Lipinski definition) is 8. The van der Waals surface area contributed by atoms with Crippen LogP contribution < -0.4 is 9.47 Å². The lowest BCUT2D eigenvalue weighted by Gasteiger charge is -2.31. The lowest BCUT2D eigenvalue weighted by Crippen LogP contribution is -2.34. The minimum absolute atomic E-state index is 0.0673. The number of hydrogen-bond donors (Lipinski definition) is 0. The van der Waals surface area contributed by atoms with Crippen molar-refractivity contribution < 1.29 is 38.1 Å². The number of carbonyl (C=O) groups excluding carboxylic acids is 4. The highest BCUT2D eigenvalue weighted by molar-refractivity contribution is 5.91. The fourth-order valence-corrected chi connectivity index (χ4v) is 3.43. The third-order valence-electron chi connectivity index (χ3n) is 6.13. The summed E-state index contributed by atoms with van der Waals surface area (Å²) >= 11 is 0. The van der Waals surface area contributed by atoms with E-state index in [2.05, 4.69) is 20.1 Å². The highest BCUT2D eigenvalue weighted by Gasteiger charge is 2.32. The lowest BCUT2D eigenvalue weighted by molar-refractivity contribution is -0.130. The minimum Gasteiger partial charge on any atom is -0.461 e. The number of unbranched alkanes of at least 4 members (excludes halogenated alkanes) is 1. The van der Waals surface area contributed by atoms with Gasteiger partial charge in [-0.15, -0.1) is 0 Å². The Kier molecular flexibility index (Phi) is 11.7. The van der Waals surface area contributed by atoms with Gasteiger partial charge in [-0.3, -0.25) is 0 Å². The van der Waals surface area contributed by atoms with Gasteiger partial charge >= 0.3 is 23.9 Å². The average Bonchev–Trinajstić information content (AvgIpc) is 2.93. The van der Waals surface area contributed by atoms with E-state index in [0.717, 1.165) is 12.8 Å². The monoisotopic (exact) mass is 536 g/mol. The fourth-order valence-electron chi connectivity index (χ4n) is 3.43. The highest BCUT2D eigenvalue weighted by atomic mass is 16.6. The molecular formula is C31H36O8. The van der Waals surface area contributed by atoms with E-state index >= 15 is 0 Å². The Balaban J connectivity index is 2.03. The number of benzene rings is 2. The van der Waals surface area contributed by atoms with Gasteiger partial charge in [-0.25, -0.2) is 19.2 Å². The predicted molar refractivity (Wildman–Crippen MR) is 147 cm³/mol. The minimum atomic E-state index is -0.560. The van der Waals surface area contributed by atoms with E-state index in [0.29, 0.717) is 35.5 Å². The molecule has 0 saturated heterocycles. The maximum atomic E-state index is 12.7. The first-order chi connectivity index (χ1) is 18.5. The molecular weight excluding hydrogens is 500 g/mol. The van der Waals surface area contributed by atoms with Crippen molar-refractivity contribution in [3.63, 3.8) is 0 Å². The van der Waals surface area contributed by atoms with Crippen LogP contribution in [0.3, 0.4) is 0 Å². The molecule has 0 aromatic heterocycles. The van der Waals surface area contributed by atoms with Crippen LogP contribution in [0, 0.1) is 5.41 Å². The van der Waals surface area contributed by atoms with Crippen molar-refractivity contribution in [3.05, 3.63) is 84.0 Å². The maximum absolute atomic E-state index is 12.7. The van der Waals surface area contributed by atoms with Crippen LogP contribution in [0.5, 0.6) is 11.5 Å². The topological polar surface area (TPSA) is 105 Å². The first kappa shape index (κ1) is 31.0. The molecule has 0 N–H and O–H groups in total. The van der Waals surface area contributed by atoms with Gasteiger partial charge < -0.3 is 18.9 Å². The Hall–Kier alpha value is -4.20. The summed E-state index contributed by atoms with van der Waals surface area (Å²) in [6, 6.07) is 12.1. The van der Waals surface area contributed by atoms with Crippen LogP contribution in [0.15, 0.2) is 72.8 Å². The molecule has 0 unspecified atom stereocenters. The molecule has 8 heteroatoms. The molecule has 2 aromatic carbocycles. The molecule has 39 heavy (non-hydrogen) atoms. The van der Waals surface area contributed by atoms with Gasteiger partial charge in [0.25, 0.3) is 0 Å². The molecule has 0 aliphatic rings. The number of esters is 4. The summed E-state index contributed by atoms with van der Waals surface area (Å²) in [5.41, 5.74) is 0.576. The molecule has 0 saturated carbocycles. The normalized spacial score (nSPS) is 10.8. The van der Waals surface area contributed by atoms with Crippen LogP contribution in [0.4, 0.5) is 0 Å². The largest absolute Gasteiger partial charge is 0.461 e. The van der Waals surface area contributed by atoms with Gasteiger partial charge in [-0.1, -0.05) is 39.8 Å². The van der Waals surface area contributed by atoms with Crippen molar-refractivity contribution >= 4 is 23.9 Å². The summed E-state index contributed by atoms with van der Waals surface area (Å²) in [4.78, 5) is 48.8. The Morgan fingerprint density at radius 3 is 1.38 bits per heavy atom. The van der Waals surface area contributed by atoms with Crippen LogP contribution in [0.25, 0.3) is 0 Å². The van der Waals surface area contributed by atoms with E-state index in [1.165, 1.54) is 48.5 Å². The zero-order chi connectivity index (χ0) is 29.0. The molecule has 0 atom stereocenters. The van der Waals surface area contributed by atoms with Gasteiger partial charge in [0.1, 0.15) is 24.7 Å². The predicted octanol–water partition coefficient (Wildman–Crippen LogP) is 6.25. The second-order valence-corrected chi connectivity index (χ2v) is 9.50. The molecule has 208 valence electrons. The first-order valence-corrected chi connectivity index (χ1v) is 12.8. The van der Waals surface area contributed by atoms with E-state index in [-0.39, 0.29) is 24.4 Å². The van der Waals surface area contributed by atoms with E-state index in [1.807, 2.05) is 6.92 Å². The van der Waals surface area contributed by atoms with Crippen molar-refractivity contribution in [2.24, 2.45) is 5.41 Å². The molecule has 0 amide bonds. The summed E-state index contributed by atoms with van der Waals surface area (Å²) in [6.45, 7) is 14.3. The van der Waals surface area contributed by atoms with E-state index < -0.39 is 29.3 Å².